The van der Waals surface area contributed by atoms with Crippen molar-refractivity contribution in [2.24, 2.45) is 12.5 Å². The van der Waals surface area contributed by atoms with E-state index in [9.17, 15) is 0 Å². The molecular weight excluding hydrogens is 222 g/mol. The van der Waals surface area contributed by atoms with Gasteiger partial charge in [-0.25, -0.2) is 0 Å². The third-order valence-corrected chi connectivity index (χ3v) is 4.69. The number of aryl methyl sites for hydroxylation is 1. The molecule has 1 N–H and O–H groups in total. The monoisotopic (exact) mass is 249 g/mol. The van der Waals surface area contributed by atoms with Crippen LogP contribution in [0.2, 0.25) is 0 Å². The van der Waals surface area contributed by atoms with Crippen molar-refractivity contribution >= 4 is 0 Å². The van der Waals surface area contributed by atoms with Gasteiger partial charge < -0.3 is 5.32 Å². The fraction of sp³-hybridized carbons (Fsp3) is 0.800. The van der Waals surface area contributed by atoms with E-state index in [1.165, 1.54) is 37.7 Å². The van der Waals surface area contributed by atoms with E-state index in [1.54, 1.807) is 0 Å². The zero-order valence-electron chi connectivity index (χ0n) is 12.1. The lowest BCUT2D eigenvalue weighted by Gasteiger charge is -2.37. The summed E-state index contributed by atoms with van der Waals surface area (Å²) in [5.41, 5.74) is 1.88. The lowest BCUT2D eigenvalue weighted by atomic mass is 9.74. The van der Waals surface area contributed by atoms with Gasteiger partial charge in [0.05, 0.1) is 6.20 Å². The van der Waals surface area contributed by atoms with Gasteiger partial charge in [0, 0.05) is 19.3 Å². The van der Waals surface area contributed by atoms with E-state index in [0.29, 0.717) is 11.5 Å². The Labute approximate surface area is 111 Å². The van der Waals surface area contributed by atoms with Crippen molar-refractivity contribution < 1.29 is 0 Å². The van der Waals surface area contributed by atoms with Crippen molar-refractivity contribution in [1.29, 1.82) is 0 Å². The quantitative estimate of drug-likeness (QED) is 0.840. The van der Waals surface area contributed by atoms with Crippen molar-refractivity contribution in [3.8, 4) is 0 Å². The molecule has 3 heteroatoms. The molecule has 0 spiro atoms. The number of nitrogens with one attached hydrogen (secondary N) is 1. The molecule has 0 saturated heterocycles. The molecule has 1 fully saturated rings. The van der Waals surface area contributed by atoms with Crippen molar-refractivity contribution in [3.05, 3.63) is 18.0 Å². The molecule has 1 aliphatic carbocycles. The van der Waals surface area contributed by atoms with Gasteiger partial charge in [0.15, 0.2) is 0 Å². The molecule has 1 atom stereocenters. The number of aromatic nitrogens is 2. The van der Waals surface area contributed by atoms with Gasteiger partial charge in [-0.3, -0.25) is 4.68 Å². The fourth-order valence-electron chi connectivity index (χ4n) is 3.59. The molecule has 1 aromatic heterocycles. The Morgan fingerprint density at radius 3 is 2.61 bits per heavy atom. The van der Waals surface area contributed by atoms with Crippen molar-refractivity contribution in [1.82, 2.24) is 15.1 Å². The molecule has 1 saturated carbocycles. The van der Waals surface area contributed by atoms with Gasteiger partial charge in [0.1, 0.15) is 0 Å². The molecule has 1 heterocycles. The largest absolute Gasteiger partial charge is 0.313 e. The Balaban J connectivity index is 2.11. The van der Waals surface area contributed by atoms with Crippen LogP contribution in [-0.4, -0.2) is 22.4 Å². The van der Waals surface area contributed by atoms with Crippen molar-refractivity contribution in [2.75, 3.05) is 6.54 Å². The van der Waals surface area contributed by atoms with Crippen molar-refractivity contribution in [2.45, 2.75) is 58.4 Å². The Morgan fingerprint density at radius 2 is 2.11 bits per heavy atom. The number of hydrogen-bond donors (Lipinski definition) is 1. The van der Waals surface area contributed by atoms with E-state index in [1.807, 2.05) is 17.9 Å². The number of nitrogens with zero attached hydrogens (tertiary/aromatic N) is 2. The Morgan fingerprint density at radius 1 is 1.39 bits per heavy atom. The first-order valence-electron chi connectivity index (χ1n) is 7.41. The summed E-state index contributed by atoms with van der Waals surface area (Å²) in [5, 5.41) is 8.03. The molecule has 1 unspecified atom stereocenters. The zero-order chi connectivity index (χ0) is 13.0. The molecule has 3 nitrogen and oxygen atoms in total. The first-order chi connectivity index (χ1) is 8.70. The van der Waals surface area contributed by atoms with Crippen LogP contribution in [0.3, 0.4) is 0 Å². The van der Waals surface area contributed by atoms with Gasteiger partial charge in [-0.1, -0.05) is 26.7 Å². The van der Waals surface area contributed by atoms with Gasteiger partial charge in [0.25, 0.3) is 0 Å². The lowest BCUT2D eigenvalue weighted by Crippen LogP contribution is -2.45. The van der Waals surface area contributed by atoms with Crippen LogP contribution in [0.25, 0.3) is 0 Å². The van der Waals surface area contributed by atoms with Gasteiger partial charge in [-0.05, 0) is 43.2 Å². The highest BCUT2D eigenvalue weighted by Gasteiger charge is 2.39. The molecule has 18 heavy (non-hydrogen) atoms. The SMILES string of the molecule is CCNC(Cc1cnn(C)c1)C1(CC)CCCC1. The molecule has 0 radical (unpaired) electrons. The summed E-state index contributed by atoms with van der Waals surface area (Å²) in [6, 6.07) is 0.610. The average molecular weight is 249 g/mol. The standard InChI is InChI=1S/C15H27N3/c1-4-15(8-6-7-9-15)14(16-5-2)10-13-11-17-18(3)12-13/h11-12,14,16H,4-10H2,1-3H3. The van der Waals surface area contributed by atoms with E-state index in [4.69, 9.17) is 0 Å². The average Bonchev–Trinajstić information content (AvgIpc) is 2.98. The summed E-state index contributed by atoms with van der Waals surface area (Å²) in [7, 11) is 2.00. The van der Waals surface area contributed by atoms with Crippen LogP contribution in [0.5, 0.6) is 0 Å². The maximum Gasteiger partial charge on any atom is 0.0522 e. The molecule has 1 aromatic rings. The van der Waals surface area contributed by atoms with Crippen molar-refractivity contribution in [3.63, 3.8) is 0 Å². The predicted molar refractivity (Wildman–Crippen MR) is 75.6 cm³/mol. The zero-order valence-corrected chi connectivity index (χ0v) is 12.1. The number of likely N-dealkylation sites (N-methyl/N-ethyl adjacent to an activating group) is 1. The van der Waals surface area contributed by atoms with Crippen LogP contribution in [0.1, 0.15) is 51.5 Å². The molecule has 0 aliphatic heterocycles. The summed E-state index contributed by atoms with van der Waals surface area (Å²) in [6.45, 7) is 5.64. The maximum atomic E-state index is 4.29. The van der Waals surface area contributed by atoms with Gasteiger partial charge in [-0.2, -0.15) is 5.10 Å². The summed E-state index contributed by atoms with van der Waals surface area (Å²) in [6.07, 6.45) is 12.2. The van der Waals surface area contributed by atoms with Crippen LogP contribution in [0, 0.1) is 5.41 Å². The van der Waals surface area contributed by atoms with Crippen LogP contribution in [0.15, 0.2) is 12.4 Å². The second-order valence-corrected chi connectivity index (χ2v) is 5.76. The number of rotatable bonds is 6. The highest BCUT2D eigenvalue weighted by atomic mass is 15.2. The summed E-state index contributed by atoms with van der Waals surface area (Å²) in [4.78, 5) is 0. The van der Waals surface area contributed by atoms with Gasteiger partial charge >= 0.3 is 0 Å². The van der Waals surface area contributed by atoms with E-state index in [-0.39, 0.29) is 0 Å². The summed E-state index contributed by atoms with van der Waals surface area (Å²) >= 11 is 0. The first kappa shape index (κ1) is 13.6. The first-order valence-corrected chi connectivity index (χ1v) is 7.41. The third-order valence-electron chi connectivity index (χ3n) is 4.69. The smallest absolute Gasteiger partial charge is 0.0522 e. The predicted octanol–water partition coefficient (Wildman–Crippen LogP) is 2.91. The Bertz CT molecular complexity index is 364. The molecule has 0 bridgehead atoms. The third kappa shape index (κ3) is 2.77. The van der Waals surface area contributed by atoms with Gasteiger partial charge in [0.2, 0.25) is 0 Å². The highest BCUT2D eigenvalue weighted by Crippen LogP contribution is 2.44. The second-order valence-electron chi connectivity index (χ2n) is 5.76. The minimum atomic E-state index is 0.520. The molecule has 102 valence electrons. The second kappa shape index (κ2) is 5.87. The Kier molecular flexibility index (Phi) is 4.44. The molecular formula is C15H27N3. The summed E-state index contributed by atoms with van der Waals surface area (Å²) in [5.74, 6) is 0. The minimum absolute atomic E-state index is 0.520. The van der Waals surface area contributed by atoms with E-state index >= 15 is 0 Å². The van der Waals surface area contributed by atoms with Crippen LogP contribution < -0.4 is 5.32 Å². The molecule has 0 aromatic carbocycles. The molecule has 2 rings (SSSR count). The Hall–Kier alpha value is -0.830. The fourth-order valence-corrected chi connectivity index (χ4v) is 3.59. The number of hydrogen-bond acceptors (Lipinski definition) is 2. The van der Waals surface area contributed by atoms with E-state index < -0.39 is 0 Å². The maximum absolute atomic E-state index is 4.29. The molecule has 0 amide bonds. The topological polar surface area (TPSA) is 29.9 Å². The van der Waals surface area contributed by atoms with Crippen LogP contribution in [-0.2, 0) is 13.5 Å². The highest BCUT2D eigenvalue weighted by molar-refractivity contribution is 5.09. The molecule has 1 aliphatic rings. The minimum Gasteiger partial charge on any atom is -0.313 e. The van der Waals surface area contributed by atoms with E-state index in [2.05, 4.69) is 30.5 Å². The summed E-state index contributed by atoms with van der Waals surface area (Å²) < 4.78 is 1.91. The van der Waals surface area contributed by atoms with Crippen LogP contribution >= 0.6 is 0 Å². The van der Waals surface area contributed by atoms with E-state index in [0.717, 1.165) is 13.0 Å². The van der Waals surface area contributed by atoms with Crippen LogP contribution in [0.4, 0.5) is 0 Å². The van der Waals surface area contributed by atoms with Gasteiger partial charge in [-0.15, -0.1) is 0 Å². The normalized spacial score (nSPS) is 20.2. The lowest BCUT2D eigenvalue weighted by molar-refractivity contribution is 0.186.